The van der Waals surface area contributed by atoms with E-state index in [4.69, 9.17) is 11.6 Å². The van der Waals surface area contributed by atoms with Crippen LogP contribution in [0, 0.1) is 5.92 Å². The summed E-state index contributed by atoms with van der Waals surface area (Å²) in [5.41, 5.74) is 2.53. The number of halogens is 1. The maximum Gasteiger partial charge on any atom is 0.238 e. The predicted octanol–water partition coefficient (Wildman–Crippen LogP) is 6.20. The van der Waals surface area contributed by atoms with Crippen molar-refractivity contribution in [2.45, 2.75) is 17.5 Å². The van der Waals surface area contributed by atoms with Crippen LogP contribution in [0.2, 0.25) is 5.02 Å². The number of hydrogen-bond donors (Lipinski definition) is 1. The summed E-state index contributed by atoms with van der Waals surface area (Å²) >= 11 is 6.56. The molecule has 3 aliphatic heterocycles. The fourth-order valence-electron chi connectivity index (χ4n) is 6.72. The highest BCUT2D eigenvalue weighted by molar-refractivity contribution is 6.34. The second kappa shape index (κ2) is 8.79. The van der Waals surface area contributed by atoms with E-state index in [2.05, 4.69) is 5.32 Å². The molecule has 1 spiro atoms. The largest absolute Gasteiger partial charge is 0.352 e. The first kappa shape index (κ1) is 23.6. The molecule has 4 aromatic carbocycles. The van der Waals surface area contributed by atoms with E-state index < -0.39 is 23.4 Å². The number of nitrogens with zero attached hydrogens (tertiary/aromatic N) is 1. The number of ketones is 2. The van der Waals surface area contributed by atoms with Gasteiger partial charge in [0.15, 0.2) is 11.6 Å². The number of nitrogens with one attached hydrogen (secondary N) is 1. The Morgan fingerprint density at radius 3 is 2.31 bits per heavy atom. The number of amides is 1. The Labute approximate surface area is 230 Å². The molecule has 190 valence electrons. The summed E-state index contributed by atoms with van der Waals surface area (Å²) in [6.07, 6.45) is 3.95. The molecule has 4 atom stereocenters. The van der Waals surface area contributed by atoms with Crippen molar-refractivity contribution in [1.29, 1.82) is 0 Å². The van der Waals surface area contributed by atoms with Gasteiger partial charge >= 0.3 is 0 Å². The first-order valence-corrected chi connectivity index (χ1v) is 13.3. The monoisotopic (exact) mass is 530 g/mol. The number of carbonyl (C=O) groups excluding carboxylic acids is 3. The maximum atomic E-state index is 14.6. The first-order valence-electron chi connectivity index (χ1n) is 12.9. The number of hydrogen-bond acceptors (Lipinski definition) is 4. The molecule has 3 aliphatic rings. The topological polar surface area (TPSA) is 66.5 Å². The van der Waals surface area contributed by atoms with Gasteiger partial charge in [-0.1, -0.05) is 103 Å². The summed E-state index contributed by atoms with van der Waals surface area (Å²) in [5, 5.41) is 3.35. The minimum absolute atomic E-state index is 0.256. The van der Waals surface area contributed by atoms with Gasteiger partial charge in [-0.25, -0.2) is 0 Å². The number of rotatable bonds is 4. The van der Waals surface area contributed by atoms with Gasteiger partial charge in [0.05, 0.1) is 17.0 Å². The number of Topliss-reactive ketones (excluding diaryl/α,β-unsaturated/α-hetero) is 2. The number of benzene rings is 4. The number of anilines is 2. The molecule has 4 aromatic rings. The SMILES string of the molecule is O=C(c1ccccc1Cl)[C@@H]1[C@H](C(=O)c2ccccc2)[C@]2(C(=O)Nc3ccccc32)[C@@H]2C=Cc3ccccc3N12. The Bertz CT molecular complexity index is 1700. The van der Waals surface area contributed by atoms with Gasteiger partial charge in [0.1, 0.15) is 11.5 Å². The van der Waals surface area contributed by atoms with Crippen LogP contribution < -0.4 is 10.2 Å². The molecule has 1 saturated heterocycles. The Morgan fingerprint density at radius 2 is 1.49 bits per heavy atom. The lowest BCUT2D eigenvalue weighted by molar-refractivity contribution is -0.121. The van der Waals surface area contributed by atoms with Crippen LogP contribution in [0.15, 0.2) is 109 Å². The lowest BCUT2D eigenvalue weighted by Crippen LogP contribution is -2.51. The van der Waals surface area contributed by atoms with Crippen molar-refractivity contribution >= 4 is 46.5 Å². The van der Waals surface area contributed by atoms with Gasteiger partial charge in [-0.05, 0) is 35.4 Å². The van der Waals surface area contributed by atoms with E-state index in [9.17, 15) is 14.4 Å². The molecule has 0 aromatic heterocycles. The normalized spacial score (nSPS) is 24.2. The number of para-hydroxylation sites is 2. The van der Waals surface area contributed by atoms with Crippen molar-refractivity contribution in [3.05, 3.63) is 136 Å². The molecule has 0 aliphatic carbocycles. The molecule has 0 radical (unpaired) electrons. The van der Waals surface area contributed by atoms with E-state index in [-0.39, 0.29) is 17.5 Å². The van der Waals surface area contributed by atoms with Crippen LogP contribution >= 0.6 is 11.6 Å². The van der Waals surface area contributed by atoms with Crippen LogP contribution in [0.4, 0.5) is 11.4 Å². The molecule has 1 amide bonds. The Kier molecular flexibility index (Phi) is 5.32. The zero-order valence-electron chi connectivity index (χ0n) is 20.8. The molecule has 7 rings (SSSR count). The van der Waals surface area contributed by atoms with E-state index in [0.717, 1.165) is 16.8 Å². The van der Waals surface area contributed by atoms with Crippen molar-refractivity contribution in [2.75, 3.05) is 10.2 Å². The minimum atomic E-state index is -1.34. The van der Waals surface area contributed by atoms with Crippen molar-refractivity contribution in [3.8, 4) is 0 Å². The fourth-order valence-corrected chi connectivity index (χ4v) is 6.95. The van der Waals surface area contributed by atoms with Gasteiger partial charge in [-0.2, -0.15) is 0 Å². The highest BCUT2D eigenvalue weighted by Crippen LogP contribution is 2.58. The minimum Gasteiger partial charge on any atom is -0.352 e. The molecule has 0 bridgehead atoms. The lowest BCUT2D eigenvalue weighted by Gasteiger charge is -2.37. The quantitative estimate of drug-likeness (QED) is 0.319. The molecule has 6 heteroatoms. The molecule has 39 heavy (non-hydrogen) atoms. The summed E-state index contributed by atoms with van der Waals surface area (Å²) < 4.78 is 0. The van der Waals surface area contributed by atoms with Gasteiger partial charge in [-0.3, -0.25) is 14.4 Å². The third-order valence-corrected chi connectivity index (χ3v) is 8.62. The summed E-state index contributed by atoms with van der Waals surface area (Å²) in [6.45, 7) is 0. The molecular formula is C33H23ClN2O3. The number of fused-ring (bicyclic) bond motifs is 6. The highest BCUT2D eigenvalue weighted by atomic mass is 35.5. The second-order valence-electron chi connectivity index (χ2n) is 10.1. The molecule has 1 N–H and O–H groups in total. The van der Waals surface area contributed by atoms with Crippen molar-refractivity contribution in [3.63, 3.8) is 0 Å². The van der Waals surface area contributed by atoms with Crippen molar-refractivity contribution in [2.24, 2.45) is 5.92 Å². The lowest BCUT2D eigenvalue weighted by atomic mass is 9.64. The van der Waals surface area contributed by atoms with Gasteiger partial charge in [0.2, 0.25) is 5.91 Å². The van der Waals surface area contributed by atoms with Crippen LogP contribution in [0.25, 0.3) is 6.08 Å². The fraction of sp³-hybridized carbons (Fsp3) is 0.121. The third-order valence-electron chi connectivity index (χ3n) is 8.29. The molecule has 0 saturated carbocycles. The highest BCUT2D eigenvalue weighted by Gasteiger charge is 2.70. The van der Waals surface area contributed by atoms with Crippen molar-refractivity contribution in [1.82, 2.24) is 0 Å². The van der Waals surface area contributed by atoms with Gasteiger partial charge in [0, 0.05) is 22.5 Å². The Hall–Kier alpha value is -4.48. The average Bonchev–Trinajstić information content (AvgIpc) is 3.45. The zero-order chi connectivity index (χ0) is 26.7. The average molecular weight is 531 g/mol. The maximum absolute atomic E-state index is 14.6. The van der Waals surface area contributed by atoms with E-state index >= 15 is 0 Å². The van der Waals surface area contributed by atoms with Crippen LogP contribution in [0.1, 0.15) is 31.8 Å². The predicted molar refractivity (Wildman–Crippen MR) is 152 cm³/mol. The van der Waals surface area contributed by atoms with Crippen LogP contribution in [0.5, 0.6) is 0 Å². The van der Waals surface area contributed by atoms with E-state index in [1.54, 1.807) is 48.5 Å². The molecule has 5 nitrogen and oxygen atoms in total. The van der Waals surface area contributed by atoms with E-state index in [1.165, 1.54) is 0 Å². The van der Waals surface area contributed by atoms with E-state index in [1.807, 2.05) is 71.6 Å². The Balaban J connectivity index is 1.55. The van der Waals surface area contributed by atoms with Gasteiger partial charge in [0.25, 0.3) is 0 Å². The second-order valence-corrected chi connectivity index (χ2v) is 10.5. The zero-order valence-corrected chi connectivity index (χ0v) is 21.5. The molecule has 3 heterocycles. The number of carbonyl (C=O) groups is 3. The smallest absolute Gasteiger partial charge is 0.238 e. The molecule has 0 unspecified atom stereocenters. The third kappa shape index (κ3) is 3.23. The molecule has 1 fully saturated rings. The van der Waals surface area contributed by atoms with Crippen LogP contribution in [-0.2, 0) is 10.2 Å². The van der Waals surface area contributed by atoms with Crippen LogP contribution in [-0.4, -0.2) is 29.6 Å². The Morgan fingerprint density at radius 1 is 0.795 bits per heavy atom. The summed E-state index contributed by atoms with van der Waals surface area (Å²) in [6, 6.07) is 29.5. The summed E-state index contributed by atoms with van der Waals surface area (Å²) in [7, 11) is 0. The van der Waals surface area contributed by atoms with Gasteiger partial charge in [-0.15, -0.1) is 0 Å². The standard InChI is InChI=1S/C33H23ClN2O3/c34-24-15-7-5-13-22(24)31(38)29-28(30(37)21-11-2-1-3-12-21)33(23-14-6-8-16-25(23)35-32(33)39)27-19-18-20-10-4-9-17-26(20)36(27)29/h1-19,27-29H,(H,35,39)/t27-,28+,29-,33+/m0/s1. The van der Waals surface area contributed by atoms with Crippen LogP contribution in [0.3, 0.4) is 0 Å². The molecular weight excluding hydrogens is 508 g/mol. The summed E-state index contributed by atoms with van der Waals surface area (Å²) in [4.78, 5) is 45.5. The van der Waals surface area contributed by atoms with E-state index in [0.29, 0.717) is 21.8 Å². The van der Waals surface area contributed by atoms with Crippen molar-refractivity contribution < 1.29 is 14.4 Å². The summed E-state index contributed by atoms with van der Waals surface area (Å²) in [5.74, 6) is -1.85. The first-order chi connectivity index (χ1) is 19.0. The van der Waals surface area contributed by atoms with Gasteiger partial charge < -0.3 is 10.2 Å².